The molecule has 1 fully saturated rings. The molecule has 1 aromatic carbocycles. The molecule has 0 radical (unpaired) electrons. The van der Waals surface area contributed by atoms with Gasteiger partial charge in [0.2, 0.25) is 0 Å². The van der Waals surface area contributed by atoms with E-state index in [-0.39, 0.29) is 6.04 Å². The van der Waals surface area contributed by atoms with Crippen molar-refractivity contribution in [2.75, 3.05) is 19.6 Å². The lowest BCUT2D eigenvalue weighted by molar-refractivity contribution is -0.0684. The van der Waals surface area contributed by atoms with E-state index < -0.39 is 0 Å². The quantitative estimate of drug-likeness (QED) is 0.906. The van der Waals surface area contributed by atoms with Crippen molar-refractivity contribution in [2.45, 2.75) is 45.4 Å². The maximum Gasteiger partial charge on any atom is 0.0678 e. The van der Waals surface area contributed by atoms with E-state index in [1.165, 1.54) is 11.1 Å². The monoisotopic (exact) mass is 262 g/mol. The average molecular weight is 262 g/mol. The van der Waals surface area contributed by atoms with Gasteiger partial charge in [0.05, 0.1) is 12.2 Å². The Balaban J connectivity index is 1.84. The Kier molecular flexibility index (Phi) is 4.97. The standard InChI is InChI=1S/C16H26N2O/c1-12-5-4-6-15(9-12)16(17)7-8-18-10-13(2)19-14(3)11-18/h4-6,9,13-14,16H,7-8,10-11,17H2,1-3H3/t13-,14+,16?. The number of nitrogens with zero attached hydrogens (tertiary/aromatic N) is 1. The van der Waals surface area contributed by atoms with Crippen molar-refractivity contribution in [3.05, 3.63) is 35.4 Å². The van der Waals surface area contributed by atoms with Gasteiger partial charge in [0.1, 0.15) is 0 Å². The van der Waals surface area contributed by atoms with Crippen LogP contribution in [0.5, 0.6) is 0 Å². The van der Waals surface area contributed by atoms with Crippen LogP contribution in [0.2, 0.25) is 0 Å². The Bertz CT molecular complexity index is 397. The molecule has 1 aliphatic rings. The Morgan fingerprint density at radius 3 is 2.63 bits per heavy atom. The second-order valence-electron chi connectivity index (χ2n) is 5.83. The minimum absolute atomic E-state index is 0.133. The van der Waals surface area contributed by atoms with E-state index in [9.17, 15) is 0 Å². The summed E-state index contributed by atoms with van der Waals surface area (Å²) in [6.07, 6.45) is 1.67. The van der Waals surface area contributed by atoms with Gasteiger partial charge in [-0.25, -0.2) is 0 Å². The van der Waals surface area contributed by atoms with E-state index in [0.29, 0.717) is 12.2 Å². The molecule has 2 N–H and O–H groups in total. The second-order valence-corrected chi connectivity index (χ2v) is 5.83. The van der Waals surface area contributed by atoms with Crippen LogP contribution < -0.4 is 5.73 Å². The van der Waals surface area contributed by atoms with Crippen molar-refractivity contribution in [3.63, 3.8) is 0 Å². The van der Waals surface area contributed by atoms with Crippen LogP contribution in [-0.4, -0.2) is 36.7 Å². The first-order chi connectivity index (χ1) is 9.04. The number of ether oxygens (including phenoxy) is 1. The number of aryl methyl sites for hydroxylation is 1. The van der Waals surface area contributed by atoms with Gasteiger partial charge in [-0.15, -0.1) is 0 Å². The number of rotatable bonds is 4. The molecule has 1 unspecified atom stereocenters. The number of benzene rings is 1. The fraction of sp³-hybridized carbons (Fsp3) is 0.625. The highest BCUT2D eigenvalue weighted by Gasteiger charge is 2.22. The molecule has 3 atom stereocenters. The van der Waals surface area contributed by atoms with Crippen LogP contribution >= 0.6 is 0 Å². The minimum Gasteiger partial charge on any atom is -0.373 e. The lowest BCUT2D eigenvalue weighted by Gasteiger charge is -2.35. The summed E-state index contributed by atoms with van der Waals surface area (Å²) in [5.41, 5.74) is 8.82. The largest absolute Gasteiger partial charge is 0.373 e. The Hall–Kier alpha value is -0.900. The van der Waals surface area contributed by atoms with Gasteiger partial charge in [-0.2, -0.15) is 0 Å². The minimum atomic E-state index is 0.133. The maximum absolute atomic E-state index is 6.29. The Morgan fingerprint density at radius 2 is 2.00 bits per heavy atom. The molecule has 0 amide bonds. The zero-order valence-electron chi connectivity index (χ0n) is 12.3. The van der Waals surface area contributed by atoms with E-state index in [1.807, 2.05) is 0 Å². The normalized spacial score (nSPS) is 26.3. The SMILES string of the molecule is Cc1cccc(C(N)CCN2C[C@@H](C)O[C@@H](C)C2)c1. The second kappa shape index (κ2) is 6.51. The molecule has 0 aromatic heterocycles. The van der Waals surface area contributed by atoms with E-state index in [1.54, 1.807) is 0 Å². The summed E-state index contributed by atoms with van der Waals surface area (Å²) in [4.78, 5) is 2.47. The third kappa shape index (κ3) is 4.30. The topological polar surface area (TPSA) is 38.5 Å². The molecule has 1 aromatic rings. The molecule has 1 heterocycles. The van der Waals surface area contributed by atoms with Gasteiger partial charge in [0.15, 0.2) is 0 Å². The highest BCUT2D eigenvalue weighted by molar-refractivity contribution is 5.24. The van der Waals surface area contributed by atoms with Crippen molar-refractivity contribution >= 4 is 0 Å². The van der Waals surface area contributed by atoms with Crippen LogP contribution in [0.3, 0.4) is 0 Å². The zero-order valence-corrected chi connectivity index (χ0v) is 12.3. The van der Waals surface area contributed by atoms with Gasteiger partial charge in [-0.3, -0.25) is 4.90 Å². The molecule has 0 aliphatic carbocycles. The fourth-order valence-corrected chi connectivity index (χ4v) is 2.86. The summed E-state index contributed by atoms with van der Waals surface area (Å²) in [6, 6.07) is 8.65. The number of hydrogen-bond donors (Lipinski definition) is 1. The molecule has 106 valence electrons. The van der Waals surface area contributed by atoms with Crippen LogP contribution in [0.1, 0.15) is 37.4 Å². The highest BCUT2D eigenvalue weighted by atomic mass is 16.5. The molecule has 19 heavy (non-hydrogen) atoms. The van der Waals surface area contributed by atoms with E-state index in [2.05, 4.69) is 49.9 Å². The lowest BCUT2D eigenvalue weighted by Crippen LogP contribution is -2.46. The van der Waals surface area contributed by atoms with Crippen molar-refractivity contribution in [3.8, 4) is 0 Å². The molecular weight excluding hydrogens is 236 g/mol. The first-order valence-electron chi connectivity index (χ1n) is 7.24. The van der Waals surface area contributed by atoms with E-state index >= 15 is 0 Å². The van der Waals surface area contributed by atoms with Crippen LogP contribution in [0, 0.1) is 6.92 Å². The molecule has 1 saturated heterocycles. The Labute approximate surface area is 116 Å². The van der Waals surface area contributed by atoms with Crippen molar-refractivity contribution in [1.82, 2.24) is 4.90 Å². The van der Waals surface area contributed by atoms with Crippen LogP contribution in [-0.2, 0) is 4.74 Å². The highest BCUT2D eigenvalue weighted by Crippen LogP contribution is 2.17. The fourth-order valence-electron chi connectivity index (χ4n) is 2.86. The molecule has 3 heteroatoms. The molecule has 3 nitrogen and oxygen atoms in total. The van der Waals surface area contributed by atoms with E-state index in [4.69, 9.17) is 10.5 Å². The average Bonchev–Trinajstić information content (AvgIpc) is 2.35. The third-order valence-corrected chi connectivity index (χ3v) is 3.72. The van der Waals surface area contributed by atoms with Crippen LogP contribution in [0.25, 0.3) is 0 Å². The predicted octanol–water partition coefficient (Wildman–Crippen LogP) is 2.49. The van der Waals surface area contributed by atoms with Crippen molar-refractivity contribution < 1.29 is 4.74 Å². The van der Waals surface area contributed by atoms with Crippen molar-refractivity contribution in [1.29, 1.82) is 0 Å². The van der Waals surface area contributed by atoms with Gasteiger partial charge in [0.25, 0.3) is 0 Å². The van der Waals surface area contributed by atoms with Crippen LogP contribution in [0.15, 0.2) is 24.3 Å². The molecule has 0 spiro atoms. The zero-order chi connectivity index (χ0) is 13.8. The lowest BCUT2D eigenvalue weighted by atomic mass is 10.0. The molecule has 0 bridgehead atoms. The summed E-state index contributed by atoms with van der Waals surface area (Å²) in [7, 11) is 0. The summed E-state index contributed by atoms with van der Waals surface area (Å²) >= 11 is 0. The summed E-state index contributed by atoms with van der Waals surface area (Å²) in [5, 5.41) is 0. The number of hydrogen-bond acceptors (Lipinski definition) is 3. The molecular formula is C16H26N2O. The number of nitrogens with two attached hydrogens (primary N) is 1. The smallest absolute Gasteiger partial charge is 0.0678 e. The van der Waals surface area contributed by atoms with Gasteiger partial charge in [-0.1, -0.05) is 29.8 Å². The maximum atomic E-state index is 6.29. The van der Waals surface area contributed by atoms with Gasteiger partial charge in [-0.05, 0) is 32.8 Å². The number of morpholine rings is 1. The first-order valence-corrected chi connectivity index (χ1v) is 7.24. The summed E-state index contributed by atoms with van der Waals surface area (Å²) in [5.74, 6) is 0. The van der Waals surface area contributed by atoms with Gasteiger partial charge >= 0.3 is 0 Å². The van der Waals surface area contributed by atoms with Gasteiger partial charge < -0.3 is 10.5 Å². The molecule has 0 saturated carbocycles. The first kappa shape index (κ1) is 14.5. The molecule has 2 rings (SSSR count). The Morgan fingerprint density at radius 1 is 1.32 bits per heavy atom. The molecule has 1 aliphatic heterocycles. The van der Waals surface area contributed by atoms with Gasteiger partial charge in [0, 0.05) is 25.7 Å². The van der Waals surface area contributed by atoms with E-state index in [0.717, 1.165) is 26.1 Å². The van der Waals surface area contributed by atoms with Crippen LogP contribution in [0.4, 0.5) is 0 Å². The summed E-state index contributed by atoms with van der Waals surface area (Å²) < 4.78 is 5.75. The van der Waals surface area contributed by atoms with Crippen molar-refractivity contribution in [2.24, 2.45) is 5.73 Å². The summed E-state index contributed by atoms with van der Waals surface area (Å²) in [6.45, 7) is 9.48. The third-order valence-electron chi connectivity index (χ3n) is 3.72. The predicted molar refractivity (Wildman–Crippen MR) is 79.2 cm³/mol.